The molecule has 0 spiro atoms. The van der Waals surface area contributed by atoms with Crippen LogP contribution in [-0.4, -0.2) is 16.9 Å². The van der Waals surface area contributed by atoms with E-state index >= 15 is 0 Å². The minimum atomic E-state index is -1.09. The lowest BCUT2D eigenvalue weighted by atomic mass is 10.1. The Kier molecular flexibility index (Phi) is 3.21. The van der Waals surface area contributed by atoms with E-state index in [0.29, 0.717) is 10.5 Å². The highest BCUT2D eigenvalue weighted by atomic mass is 19.1. The minimum absolute atomic E-state index is 0.241. The van der Waals surface area contributed by atoms with Crippen LogP contribution in [0.3, 0.4) is 0 Å². The maximum absolute atomic E-state index is 13.8. The summed E-state index contributed by atoms with van der Waals surface area (Å²) in [7, 11) is 0. The number of rotatable bonds is 2. The van der Waals surface area contributed by atoms with E-state index in [1.807, 2.05) is 0 Å². The maximum Gasteiger partial charge on any atom is 0.301 e. The molecule has 0 saturated carbocycles. The highest BCUT2D eigenvalue weighted by Gasteiger charge is 2.41. The van der Waals surface area contributed by atoms with E-state index in [9.17, 15) is 23.5 Å². The molecule has 6 heteroatoms. The molecule has 0 atom stereocenters. The molecule has 1 aliphatic heterocycles. The average Bonchev–Trinajstić information content (AvgIpc) is 2.73. The molecule has 0 unspecified atom stereocenters. The fourth-order valence-electron chi connectivity index (χ4n) is 2.26. The van der Waals surface area contributed by atoms with Crippen LogP contribution in [0.15, 0.2) is 54.3 Å². The van der Waals surface area contributed by atoms with E-state index < -0.39 is 34.9 Å². The molecule has 2 amide bonds. The van der Waals surface area contributed by atoms with Crippen molar-refractivity contribution in [1.82, 2.24) is 0 Å². The summed E-state index contributed by atoms with van der Waals surface area (Å²) in [5.41, 5.74) is -0.459. The zero-order chi connectivity index (χ0) is 15.9. The number of aliphatic hydroxyl groups is 1. The third kappa shape index (κ3) is 2.05. The van der Waals surface area contributed by atoms with Gasteiger partial charge in [0.15, 0.2) is 5.76 Å². The first-order chi connectivity index (χ1) is 10.5. The molecule has 2 aromatic rings. The van der Waals surface area contributed by atoms with Crippen molar-refractivity contribution in [1.29, 1.82) is 0 Å². The third-order valence-electron chi connectivity index (χ3n) is 3.27. The fourth-order valence-corrected chi connectivity index (χ4v) is 2.26. The van der Waals surface area contributed by atoms with E-state index in [2.05, 4.69) is 0 Å². The van der Waals surface area contributed by atoms with Crippen molar-refractivity contribution in [3.8, 4) is 0 Å². The number of anilines is 1. The van der Waals surface area contributed by atoms with Gasteiger partial charge in [-0.2, -0.15) is 0 Å². The number of carbonyl (C=O) groups excluding carboxylic acids is 2. The predicted octanol–water partition coefficient (Wildman–Crippen LogP) is 2.81. The smallest absolute Gasteiger partial charge is 0.301 e. The van der Waals surface area contributed by atoms with Crippen molar-refractivity contribution in [3.63, 3.8) is 0 Å². The lowest BCUT2D eigenvalue weighted by molar-refractivity contribution is -0.121. The Hall–Kier alpha value is -3.02. The Labute approximate surface area is 123 Å². The van der Waals surface area contributed by atoms with Crippen LogP contribution in [-0.2, 0) is 9.59 Å². The van der Waals surface area contributed by atoms with E-state index in [-0.39, 0.29) is 5.57 Å². The quantitative estimate of drug-likeness (QED) is 0.868. The fraction of sp³-hybridized carbons (Fsp3) is 0. The first kappa shape index (κ1) is 13.9. The monoisotopic (exact) mass is 301 g/mol. The summed E-state index contributed by atoms with van der Waals surface area (Å²) in [5.74, 6) is -4.53. The zero-order valence-electron chi connectivity index (χ0n) is 11.1. The molecule has 110 valence electrons. The van der Waals surface area contributed by atoms with Crippen molar-refractivity contribution in [3.05, 3.63) is 71.5 Å². The number of aliphatic hydroxyl groups excluding tert-OH is 1. The summed E-state index contributed by atoms with van der Waals surface area (Å²) in [6.45, 7) is 0. The van der Waals surface area contributed by atoms with Gasteiger partial charge in [0.05, 0.1) is 11.3 Å². The van der Waals surface area contributed by atoms with Gasteiger partial charge < -0.3 is 5.11 Å². The Morgan fingerprint density at radius 2 is 1.59 bits per heavy atom. The van der Waals surface area contributed by atoms with Gasteiger partial charge in [0, 0.05) is 6.07 Å². The standard InChI is InChI=1S/C16H9F2NO3/c17-10-6-7-11(18)12(8-10)19-15(21)13(14(20)16(19)22)9-4-2-1-3-5-9/h1-8,20H. The molecule has 2 aromatic carbocycles. The number of hydrogen-bond acceptors (Lipinski definition) is 3. The molecule has 0 saturated heterocycles. The number of amides is 2. The van der Waals surface area contributed by atoms with Gasteiger partial charge in [0.1, 0.15) is 11.6 Å². The number of benzene rings is 2. The van der Waals surface area contributed by atoms with Crippen LogP contribution in [0.25, 0.3) is 5.57 Å². The van der Waals surface area contributed by atoms with Crippen LogP contribution in [0.5, 0.6) is 0 Å². The van der Waals surface area contributed by atoms with Gasteiger partial charge in [-0.1, -0.05) is 30.3 Å². The highest BCUT2D eigenvalue weighted by Crippen LogP contribution is 2.33. The SMILES string of the molecule is O=C1C(O)=C(c2ccccc2)C(=O)N1c1cc(F)ccc1F. The Morgan fingerprint density at radius 3 is 2.27 bits per heavy atom. The summed E-state index contributed by atoms with van der Waals surface area (Å²) in [4.78, 5) is 24.9. The molecule has 0 aromatic heterocycles. The molecule has 0 fully saturated rings. The summed E-state index contributed by atoms with van der Waals surface area (Å²) in [6, 6.07) is 10.4. The Morgan fingerprint density at radius 1 is 0.909 bits per heavy atom. The number of hydrogen-bond donors (Lipinski definition) is 1. The lowest BCUT2D eigenvalue weighted by Crippen LogP contribution is -2.32. The van der Waals surface area contributed by atoms with Gasteiger partial charge in [0.25, 0.3) is 5.91 Å². The predicted molar refractivity (Wildman–Crippen MR) is 74.8 cm³/mol. The molecule has 1 heterocycles. The van der Waals surface area contributed by atoms with Gasteiger partial charge in [-0.15, -0.1) is 0 Å². The number of halogens is 2. The van der Waals surface area contributed by atoms with Gasteiger partial charge in [-0.25, -0.2) is 13.7 Å². The van der Waals surface area contributed by atoms with Crippen molar-refractivity contribution >= 4 is 23.1 Å². The number of nitrogens with zero attached hydrogens (tertiary/aromatic N) is 1. The van der Waals surface area contributed by atoms with Gasteiger partial charge in [-0.05, 0) is 17.7 Å². The lowest BCUT2D eigenvalue weighted by Gasteiger charge is -2.15. The molecule has 4 nitrogen and oxygen atoms in total. The van der Waals surface area contributed by atoms with Crippen LogP contribution in [0.2, 0.25) is 0 Å². The van der Waals surface area contributed by atoms with Crippen molar-refractivity contribution in [2.45, 2.75) is 0 Å². The van der Waals surface area contributed by atoms with Crippen molar-refractivity contribution in [2.24, 2.45) is 0 Å². The van der Waals surface area contributed by atoms with E-state index in [1.165, 1.54) is 12.1 Å². The van der Waals surface area contributed by atoms with Crippen LogP contribution >= 0.6 is 0 Å². The van der Waals surface area contributed by atoms with Crippen LogP contribution in [0.4, 0.5) is 14.5 Å². The van der Waals surface area contributed by atoms with Crippen LogP contribution in [0.1, 0.15) is 5.56 Å². The zero-order valence-corrected chi connectivity index (χ0v) is 11.1. The molecule has 0 bridgehead atoms. The second-order valence-corrected chi connectivity index (χ2v) is 4.63. The van der Waals surface area contributed by atoms with E-state index in [4.69, 9.17) is 0 Å². The second-order valence-electron chi connectivity index (χ2n) is 4.63. The van der Waals surface area contributed by atoms with Crippen LogP contribution in [0, 0.1) is 11.6 Å². The summed E-state index contributed by atoms with van der Waals surface area (Å²) in [6.07, 6.45) is 0. The van der Waals surface area contributed by atoms with Crippen molar-refractivity contribution < 1.29 is 23.5 Å². The van der Waals surface area contributed by atoms with Gasteiger partial charge >= 0.3 is 5.91 Å². The van der Waals surface area contributed by atoms with Crippen LogP contribution < -0.4 is 4.90 Å². The molecular weight excluding hydrogens is 292 g/mol. The number of imide groups is 1. The molecule has 0 radical (unpaired) electrons. The largest absolute Gasteiger partial charge is 0.502 e. The van der Waals surface area contributed by atoms with Gasteiger partial charge in [-0.3, -0.25) is 9.59 Å². The molecule has 1 aliphatic rings. The van der Waals surface area contributed by atoms with E-state index in [1.54, 1.807) is 18.2 Å². The van der Waals surface area contributed by atoms with Crippen molar-refractivity contribution in [2.75, 3.05) is 4.90 Å². The summed E-state index contributed by atoms with van der Waals surface area (Å²) < 4.78 is 27.1. The third-order valence-corrected chi connectivity index (χ3v) is 3.27. The summed E-state index contributed by atoms with van der Waals surface area (Å²) in [5, 5.41) is 9.92. The topological polar surface area (TPSA) is 57.6 Å². The molecule has 22 heavy (non-hydrogen) atoms. The molecule has 1 N–H and O–H groups in total. The molecule has 3 rings (SSSR count). The average molecular weight is 301 g/mol. The molecular formula is C16H9F2NO3. The van der Waals surface area contributed by atoms with E-state index in [0.717, 1.165) is 18.2 Å². The van der Waals surface area contributed by atoms with Gasteiger partial charge in [0.2, 0.25) is 0 Å². The first-order valence-electron chi connectivity index (χ1n) is 6.33. The normalized spacial score (nSPS) is 14.9. The maximum atomic E-state index is 13.8. The second kappa shape index (κ2) is 5.07. The minimum Gasteiger partial charge on any atom is -0.502 e. The Balaban J connectivity index is 2.11. The molecule has 0 aliphatic carbocycles. The highest BCUT2D eigenvalue weighted by molar-refractivity contribution is 6.44. The summed E-state index contributed by atoms with van der Waals surface area (Å²) >= 11 is 0. The first-order valence-corrected chi connectivity index (χ1v) is 6.33. The number of carbonyl (C=O) groups is 2. The Bertz CT molecular complexity index is 815.